The third-order valence-corrected chi connectivity index (χ3v) is 7.73. The van der Waals surface area contributed by atoms with E-state index in [-0.39, 0.29) is 55.9 Å². The first-order valence-corrected chi connectivity index (χ1v) is 12.0. The molecular formula is C22H22F3N3O5S. The van der Waals surface area contributed by atoms with E-state index in [1.54, 1.807) is 4.90 Å². The van der Waals surface area contributed by atoms with Crippen molar-refractivity contribution >= 4 is 21.8 Å². The van der Waals surface area contributed by atoms with E-state index in [1.165, 1.54) is 9.21 Å². The maximum absolute atomic E-state index is 12.9. The van der Waals surface area contributed by atoms with Crippen LogP contribution in [-0.2, 0) is 26.2 Å². The normalized spacial score (nSPS) is 20.7. The van der Waals surface area contributed by atoms with Gasteiger partial charge in [-0.25, -0.2) is 8.42 Å². The topological polar surface area (TPSA) is 87.2 Å². The van der Waals surface area contributed by atoms with Gasteiger partial charge in [0.05, 0.1) is 23.9 Å². The fourth-order valence-corrected chi connectivity index (χ4v) is 5.52. The van der Waals surface area contributed by atoms with Crippen molar-refractivity contribution in [3.8, 4) is 5.75 Å². The van der Waals surface area contributed by atoms with Crippen molar-refractivity contribution in [3.05, 3.63) is 60.2 Å². The standard InChI is InChI=1S/C22H22F3N3O5S/c23-22(24,25)33-17-6-8-18(9-7-17)34(31,32)27-12-10-26(11-13-27)19-14-20(29)28(21(19)30)15-16-4-2-1-3-5-16/h1-9,19H,10-15H2/t19-/m1/s1. The summed E-state index contributed by atoms with van der Waals surface area (Å²) in [5.74, 6) is -1.08. The molecule has 0 aromatic heterocycles. The van der Waals surface area contributed by atoms with Gasteiger partial charge in [0.2, 0.25) is 21.8 Å². The Morgan fingerprint density at radius 3 is 2.12 bits per heavy atom. The average molecular weight is 497 g/mol. The van der Waals surface area contributed by atoms with Crippen molar-refractivity contribution in [3.63, 3.8) is 0 Å². The molecular weight excluding hydrogens is 475 g/mol. The molecule has 2 aromatic rings. The highest BCUT2D eigenvalue weighted by Crippen LogP contribution is 2.27. The predicted octanol–water partition coefficient (Wildman–Crippen LogP) is 2.22. The summed E-state index contributed by atoms with van der Waals surface area (Å²) in [7, 11) is -3.94. The molecule has 0 N–H and O–H groups in total. The number of likely N-dealkylation sites (tertiary alicyclic amines) is 1. The highest BCUT2D eigenvalue weighted by molar-refractivity contribution is 7.89. The SMILES string of the molecule is O=C1C[C@@H](N2CCN(S(=O)(=O)c3ccc(OC(F)(F)F)cc3)CC2)C(=O)N1Cc1ccccc1. The zero-order valence-electron chi connectivity index (χ0n) is 17.9. The summed E-state index contributed by atoms with van der Waals surface area (Å²) in [6.07, 6.45) is -4.83. The molecule has 1 atom stereocenters. The number of rotatable bonds is 6. The van der Waals surface area contributed by atoms with Crippen LogP contribution in [-0.4, -0.2) is 72.9 Å². The largest absolute Gasteiger partial charge is 0.573 e. The van der Waals surface area contributed by atoms with E-state index >= 15 is 0 Å². The summed E-state index contributed by atoms with van der Waals surface area (Å²) >= 11 is 0. The minimum absolute atomic E-state index is 0.0408. The second kappa shape index (κ2) is 9.35. The number of ether oxygens (including phenoxy) is 1. The van der Waals surface area contributed by atoms with Gasteiger partial charge in [-0.1, -0.05) is 30.3 Å². The number of imide groups is 1. The molecule has 12 heteroatoms. The van der Waals surface area contributed by atoms with E-state index < -0.39 is 28.2 Å². The number of alkyl halides is 3. The van der Waals surface area contributed by atoms with Gasteiger partial charge in [-0.3, -0.25) is 19.4 Å². The van der Waals surface area contributed by atoms with Crippen molar-refractivity contribution in [2.24, 2.45) is 0 Å². The lowest BCUT2D eigenvalue weighted by Crippen LogP contribution is -2.53. The average Bonchev–Trinajstić information content (AvgIpc) is 3.07. The molecule has 182 valence electrons. The molecule has 2 heterocycles. The number of piperazine rings is 1. The van der Waals surface area contributed by atoms with E-state index in [9.17, 15) is 31.2 Å². The van der Waals surface area contributed by atoms with Crippen LogP contribution in [0.15, 0.2) is 59.5 Å². The molecule has 2 amide bonds. The first-order valence-electron chi connectivity index (χ1n) is 10.5. The molecule has 2 aliphatic rings. The van der Waals surface area contributed by atoms with Crippen molar-refractivity contribution in [1.29, 1.82) is 0 Å². The zero-order chi connectivity index (χ0) is 24.5. The van der Waals surface area contributed by atoms with Crippen LogP contribution >= 0.6 is 0 Å². The summed E-state index contributed by atoms with van der Waals surface area (Å²) < 4.78 is 67.7. The summed E-state index contributed by atoms with van der Waals surface area (Å²) in [4.78, 5) is 28.2. The summed E-state index contributed by atoms with van der Waals surface area (Å²) in [6, 6.07) is 12.5. The number of nitrogens with zero attached hydrogens (tertiary/aromatic N) is 3. The molecule has 2 saturated heterocycles. The minimum atomic E-state index is -4.87. The Morgan fingerprint density at radius 2 is 1.53 bits per heavy atom. The third-order valence-electron chi connectivity index (χ3n) is 5.81. The molecule has 8 nitrogen and oxygen atoms in total. The smallest absolute Gasteiger partial charge is 0.406 e. The van der Waals surface area contributed by atoms with Gasteiger partial charge in [0.1, 0.15) is 5.75 Å². The Labute approximate surface area is 194 Å². The monoisotopic (exact) mass is 497 g/mol. The van der Waals surface area contributed by atoms with Gasteiger partial charge in [0.25, 0.3) is 0 Å². The summed E-state index contributed by atoms with van der Waals surface area (Å²) in [5, 5.41) is 0. The van der Waals surface area contributed by atoms with Crippen molar-refractivity contribution in [2.75, 3.05) is 26.2 Å². The molecule has 4 rings (SSSR count). The number of sulfonamides is 1. The van der Waals surface area contributed by atoms with Gasteiger partial charge in [-0.05, 0) is 29.8 Å². The maximum Gasteiger partial charge on any atom is 0.573 e. The van der Waals surface area contributed by atoms with E-state index in [4.69, 9.17) is 0 Å². The van der Waals surface area contributed by atoms with Crippen LogP contribution in [0.3, 0.4) is 0 Å². The first-order chi connectivity index (χ1) is 16.0. The number of carbonyl (C=O) groups is 2. The quantitative estimate of drug-likeness (QED) is 0.569. The fraction of sp³-hybridized carbons (Fsp3) is 0.364. The molecule has 0 bridgehead atoms. The lowest BCUT2D eigenvalue weighted by atomic mass is 10.2. The van der Waals surface area contributed by atoms with E-state index in [0.717, 1.165) is 29.8 Å². The molecule has 34 heavy (non-hydrogen) atoms. The molecule has 2 aromatic carbocycles. The first kappa shape index (κ1) is 24.2. The van der Waals surface area contributed by atoms with Crippen molar-refractivity contribution in [1.82, 2.24) is 14.1 Å². The Kier molecular flexibility index (Phi) is 6.65. The molecule has 0 saturated carbocycles. The highest BCUT2D eigenvalue weighted by atomic mass is 32.2. The van der Waals surface area contributed by atoms with Crippen LogP contribution < -0.4 is 4.74 Å². The van der Waals surface area contributed by atoms with Crippen LogP contribution in [0.25, 0.3) is 0 Å². The van der Waals surface area contributed by atoms with E-state index in [1.807, 2.05) is 30.3 Å². The number of halogens is 3. The second-order valence-corrected chi connectivity index (χ2v) is 9.92. The molecule has 0 spiro atoms. The zero-order valence-corrected chi connectivity index (χ0v) is 18.8. The molecule has 0 unspecified atom stereocenters. The van der Waals surface area contributed by atoms with Crippen LogP contribution in [0.1, 0.15) is 12.0 Å². The molecule has 0 radical (unpaired) electrons. The van der Waals surface area contributed by atoms with Gasteiger partial charge in [0.15, 0.2) is 0 Å². The number of carbonyl (C=O) groups excluding carboxylic acids is 2. The second-order valence-electron chi connectivity index (χ2n) is 7.98. The van der Waals surface area contributed by atoms with Gasteiger partial charge in [0, 0.05) is 26.2 Å². The van der Waals surface area contributed by atoms with Gasteiger partial charge < -0.3 is 4.74 Å². The maximum atomic E-state index is 12.9. The molecule has 0 aliphatic carbocycles. The lowest BCUT2D eigenvalue weighted by molar-refractivity contribution is -0.274. The van der Waals surface area contributed by atoms with Crippen molar-refractivity contribution in [2.45, 2.75) is 30.3 Å². The molecule has 2 fully saturated rings. The number of amides is 2. The van der Waals surface area contributed by atoms with Crippen LogP contribution in [0, 0.1) is 0 Å². The fourth-order valence-electron chi connectivity index (χ4n) is 4.10. The number of hydrogen-bond donors (Lipinski definition) is 0. The Morgan fingerprint density at radius 1 is 0.912 bits per heavy atom. The Balaban J connectivity index is 1.37. The minimum Gasteiger partial charge on any atom is -0.406 e. The van der Waals surface area contributed by atoms with Gasteiger partial charge in [-0.2, -0.15) is 4.31 Å². The van der Waals surface area contributed by atoms with Gasteiger partial charge >= 0.3 is 6.36 Å². The molecule has 2 aliphatic heterocycles. The van der Waals surface area contributed by atoms with Crippen LogP contribution in [0.4, 0.5) is 13.2 Å². The van der Waals surface area contributed by atoms with Crippen molar-refractivity contribution < 1.29 is 35.9 Å². The van der Waals surface area contributed by atoms with E-state index in [2.05, 4.69) is 4.74 Å². The number of hydrogen-bond acceptors (Lipinski definition) is 6. The summed E-state index contributed by atoms with van der Waals surface area (Å²) in [6.45, 7) is 0.853. The Bertz CT molecular complexity index is 1150. The predicted molar refractivity (Wildman–Crippen MR) is 114 cm³/mol. The Hall–Kier alpha value is -2.96. The lowest BCUT2D eigenvalue weighted by Gasteiger charge is -2.36. The summed E-state index contributed by atoms with van der Waals surface area (Å²) in [5.41, 5.74) is 0.840. The van der Waals surface area contributed by atoms with Crippen LogP contribution in [0.5, 0.6) is 5.75 Å². The number of benzene rings is 2. The highest BCUT2D eigenvalue weighted by Gasteiger charge is 2.43. The van der Waals surface area contributed by atoms with Crippen LogP contribution in [0.2, 0.25) is 0 Å². The van der Waals surface area contributed by atoms with Gasteiger partial charge in [-0.15, -0.1) is 13.2 Å². The third kappa shape index (κ3) is 5.24. The van der Waals surface area contributed by atoms with E-state index in [0.29, 0.717) is 0 Å².